The van der Waals surface area contributed by atoms with Crippen LogP contribution in [0.15, 0.2) is 0 Å². The Morgan fingerprint density at radius 1 is 1.11 bits per heavy atom. The summed E-state index contributed by atoms with van der Waals surface area (Å²) in [5.74, 6) is -2.08. The van der Waals surface area contributed by atoms with Crippen LogP contribution in [-0.4, -0.2) is 57.8 Å². The number of hydrogen-bond acceptors (Lipinski definition) is 11. The highest BCUT2D eigenvalue weighted by molar-refractivity contribution is 8.13. The molecule has 1 amide bonds. The van der Waals surface area contributed by atoms with E-state index in [4.69, 9.17) is 4.74 Å². The van der Waals surface area contributed by atoms with E-state index in [1.54, 1.807) is 0 Å². The van der Waals surface area contributed by atoms with E-state index in [-0.39, 0.29) is 12.4 Å². The third kappa shape index (κ3) is 8.83. The molecule has 0 heterocycles. The number of rotatable bonds is 12. The molecule has 0 aromatic heterocycles. The lowest BCUT2D eigenvalue weighted by molar-refractivity contribution is -0.774. The molecule has 0 saturated heterocycles. The summed E-state index contributed by atoms with van der Waals surface area (Å²) in [7, 11) is 0. The van der Waals surface area contributed by atoms with Gasteiger partial charge in [0.2, 0.25) is 0 Å². The standard InChI is InChI=1S/C14H23N3O10S/c1-6-25-10(18)9(15-11(19)14(4,5)27-17(23)24)7-28-12(20)13(2,3)8-26-16(21)22/h9H,6-8H2,1-5H3,(H,15,19). The lowest BCUT2D eigenvalue weighted by Crippen LogP contribution is -2.53. The lowest BCUT2D eigenvalue weighted by atomic mass is 9.97. The second-order valence-electron chi connectivity index (χ2n) is 6.58. The van der Waals surface area contributed by atoms with Gasteiger partial charge < -0.3 is 14.9 Å². The Balaban J connectivity index is 5.11. The smallest absolute Gasteiger partial charge is 0.329 e. The predicted octanol–water partition coefficient (Wildman–Crippen LogP) is 0.516. The van der Waals surface area contributed by atoms with Crippen LogP contribution in [0.3, 0.4) is 0 Å². The van der Waals surface area contributed by atoms with Crippen LogP contribution in [0.2, 0.25) is 0 Å². The molecule has 0 aliphatic carbocycles. The second kappa shape index (κ2) is 10.6. The van der Waals surface area contributed by atoms with Gasteiger partial charge in [-0.3, -0.25) is 14.4 Å². The summed E-state index contributed by atoms with van der Waals surface area (Å²) < 4.78 is 4.83. The van der Waals surface area contributed by atoms with Crippen molar-refractivity contribution >= 4 is 28.8 Å². The van der Waals surface area contributed by atoms with E-state index in [0.29, 0.717) is 11.8 Å². The molecule has 160 valence electrons. The summed E-state index contributed by atoms with van der Waals surface area (Å²) in [5, 5.41) is 20.3. The van der Waals surface area contributed by atoms with Crippen molar-refractivity contribution in [1.29, 1.82) is 0 Å². The second-order valence-corrected chi connectivity index (χ2v) is 7.58. The summed E-state index contributed by atoms with van der Waals surface area (Å²) in [4.78, 5) is 65.8. The zero-order valence-electron chi connectivity index (χ0n) is 16.1. The molecule has 1 unspecified atom stereocenters. The summed E-state index contributed by atoms with van der Waals surface area (Å²) in [5.41, 5.74) is -3.13. The number of nitrogens with one attached hydrogen (secondary N) is 1. The number of amides is 1. The topological polar surface area (TPSA) is 177 Å². The number of hydrogen-bond donors (Lipinski definition) is 1. The summed E-state index contributed by atoms with van der Waals surface area (Å²) in [6.07, 6.45) is 0. The summed E-state index contributed by atoms with van der Waals surface area (Å²) in [6, 6.07) is -1.30. The third-order valence-electron chi connectivity index (χ3n) is 3.19. The fraction of sp³-hybridized carbons (Fsp3) is 0.786. The number of carbonyl (C=O) groups is 3. The van der Waals surface area contributed by atoms with Gasteiger partial charge in [0.25, 0.3) is 16.1 Å². The van der Waals surface area contributed by atoms with E-state index in [1.165, 1.54) is 20.8 Å². The molecule has 0 bridgehead atoms. The largest absolute Gasteiger partial charge is 0.464 e. The zero-order chi connectivity index (χ0) is 22.1. The van der Waals surface area contributed by atoms with Crippen LogP contribution in [0, 0.1) is 25.6 Å². The average Bonchev–Trinajstić information content (AvgIpc) is 2.55. The minimum atomic E-state index is -1.89. The minimum Gasteiger partial charge on any atom is -0.464 e. The van der Waals surface area contributed by atoms with Gasteiger partial charge in [-0.2, -0.15) is 0 Å². The first kappa shape index (κ1) is 25.4. The van der Waals surface area contributed by atoms with Crippen LogP contribution in [0.4, 0.5) is 0 Å². The predicted molar refractivity (Wildman–Crippen MR) is 94.9 cm³/mol. The maximum absolute atomic E-state index is 12.3. The van der Waals surface area contributed by atoms with E-state index < -0.39 is 50.8 Å². The number of nitrogens with zero attached hydrogens (tertiary/aromatic N) is 2. The maximum Gasteiger partial charge on any atom is 0.329 e. The van der Waals surface area contributed by atoms with E-state index in [0.717, 1.165) is 13.8 Å². The molecule has 0 rings (SSSR count). The molecule has 0 saturated carbocycles. The minimum absolute atomic E-state index is 0.000769. The Hall–Kier alpha value is -2.64. The highest BCUT2D eigenvalue weighted by atomic mass is 32.2. The quantitative estimate of drug-likeness (QED) is 0.262. The van der Waals surface area contributed by atoms with Crippen LogP contribution < -0.4 is 5.32 Å². The van der Waals surface area contributed by atoms with E-state index >= 15 is 0 Å². The lowest BCUT2D eigenvalue weighted by Gasteiger charge is -2.25. The number of ether oxygens (including phenoxy) is 1. The molecular formula is C14H23N3O10S. The molecule has 1 atom stereocenters. The van der Waals surface area contributed by atoms with Gasteiger partial charge in [-0.15, -0.1) is 20.2 Å². The summed E-state index contributed by atoms with van der Waals surface area (Å²) >= 11 is 0.632. The number of esters is 1. The highest BCUT2D eigenvalue weighted by Gasteiger charge is 2.37. The third-order valence-corrected chi connectivity index (χ3v) is 4.51. The molecule has 0 aromatic rings. The first-order valence-corrected chi connectivity index (χ1v) is 8.97. The SMILES string of the molecule is CCOC(=O)C(CSC(=O)C(C)(C)CO[N+](=O)[O-])NC(=O)C(C)(C)O[N+](=O)[O-]. The van der Waals surface area contributed by atoms with Gasteiger partial charge >= 0.3 is 5.97 Å². The highest BCUT2D eigenvalue weighted by Crippen LogP contribution is 2.25. The molecule has 28 heavy (non-hydrogen) atoms. The molecule has 0 aliphatic rings. The Bertz CT molecular complexity index is 622. The first-order chi connectivity index (χ1) is 12.7. The number of thioether (sulfide) groups is 1. The van der Waals surface area contributed by atoms with Gasteiger partial charge in [0, 0.05) is 5.75 Å². The fourth-order valence-corrected chi connectivity index (χ4v) is 2.59. The average molecular weight is 425 g/mol. The van der Waals surface area contributed by atoms with Crippen molar-refractivity contribution in [3.8, 4) is 0 Å². The van der Waals surface area contributed by atoms with E-state index in [9.17, 15) is 34.6 Å². The zero-order valence-corrected chi connectivity index (χ0v) is 16.9. The molecule has 14 heteroatoms. The summed E-state index contributed by atoms with van der Waals surface area (Å²) in [6.45, 7) is 6.13. The number of carbonyl (C=O) groups excluding carboxylic acids is 3. The van der Waals surface area contributed by atoms with Crippen molar-refractivity contribution in [3.05, 3.63) is 20.2 Å². The van der Waals surface area contributed by atoms with Gasteiger partial charge in [-0.1, -0.05) is 25.6 Å². The van der Waals surface area contributed by atoms with Crippen molar-refractivity contribution in [3.63, 3.8) is 0 Å². The van der Waals surface area contributed by atoms with Crippen LogP contribution in [0.1, 0.15) is 34.6 Å². The monoisotopic (exact) mass is 425 g/mol. The van der Waals surface area contributed by atoms with Crippen molar-refractivity contribution < 1.29 is 39.0 Å². The Kier molecular flexibility index (Phi) is 9.63. The van der Waals surface area contributed by atoms with Crippen molar-refractivity contribution in [2.45, 2.75) is 46.3 Å². The van der Waals surface area contributed by atoms with Gasteiger partial charge in [-0.25, -0.2) is 4.79 Å². The Labute approximate surface area is 164 Å². The van der Waals surface area contributed by atoms with E-state index in [1.807, 2.05) is 0 Å². The molecule has 0 aromatic carbocycles. The molecule has 0 radical (unpaired) electrons. The van der Waals surface area contributed by atoms with Gasteiger partial charge in [0.1, 0.15) is 12.6 Å². The van der Waals surface area contributed by atoms with Gasteiger partial charge in [0.15, 0.2) is 10.7 Å². The van der Waals surface area contributed by atoms with Crippen LogP contribution in [-0.2, 0) is 28.8 Å². The maximum atomic E-state index is 12.3. The molecule has 0 spiro atoms. The molecular weight excluding hydrogens is 402 g/mol. The molecule has 0 aliphatic heterocycles. The molecule has 13 nitrogen and oxygen atoms in total. The molecule has 1 N–H and O–H groups in total. The van der Waals surface area contributed by atoms with E-state index in [2.05, 4.69) is 15.0 Å². The first-order valence-electron chi connectivity index (χ1n) is 7.98. The normalized spacial score (nSPS) is 12.5. The van der Waals surface area contributed by atoms with Crippen LogP contribution in [0.5, 0.6) is 0 Å². The Morgan fingerprint density at radius 2 is 1.68 bits per heavy atom. The van der Waals surface area contributed by atoms with Crippen LogP contribution in [0.25, 0.3) is 0 Å². The van der Waals surface area contributed by atoms with Crippen molar-refractivity contribution in [1.82, 2.24) is 5.32 Å². The Morgan fingerprint density at radius 3 is 2.14 bits per heavy atom. The van der Waals surface area contributed by atoms with Gasteiger partial charge in [-0.05, 0) is 20.8 Å². The van der Waals surface area contributed by atoms with Crippen molar-refractivity contribution in [2.24, 2.45) is 5.41 Å². The van der Waals surface area contributed by atoms with Crippen LogP contribution >= 0.6 is 11.8 Å². The van der Waals surface area contributed by atoms with Crippen molar-refractivity contribution in [2.75, 3.05) is 19.0 Å². The fourth-order valence-electron chi connectivity index (χ4n) is 1.60. The molecule has 0 fully saturated rings. The van der Waals surface area contributed by atoms with Gasteiger partial charge in [0.05, 0.1) is 12.0 Å².